The van der Waals surface area contributed by atoms with Crippen LogP contribution in [-0.2, 0) is 20.0 Å². The van der Waals surface area contributed by atoms with Gasteiger partial charge in [-0.05, 0) is 12.1 Å². The fourth-order valence-corrected chi connectivity index (χ4v) is 3.00. The molecule has 0 amide bonds. The van der Waals surface area contributed by atoms with E-state index in [9.17, 15) is 26.9 Å². The van der Waals surface area contributed by atoms with E-state index in [1.54, 1.807) is 0 Å². The average molecular weight is 324 g/mol. The number of hydrogen-bond donors (Lipinski definition) is 3. The Hall–Kier alpha value is -1.76. The van der Waals surface area contributed by atoms with Gasteiger partial charge in [0.1, 0.15) is 0 Å². The number of anilines is 1. The van der Waals surface area contributed by atoms with E-state index < -0.39 is 47.9 Å². The predicted molar refractivity (Wildman–Crippen MR) is 70.7 cm³/mol. The highest BCUT2D eigenvalue weighted by atomic mass is 32.2. The van der Waals surface area contributed by atoms with Gasteiger partial charge in [-0.1, -0.05) is 0 Å². The Balaban J connectivity index is 3.07. The number of rotatable bonds is 6. The molecule has 1 aromatic carbocycles. The first-order chi connectivity index (χ1) is 9.03. The summed E-state index contributed by atoms with van der Waals surface area (Å²) in [5.41, 5.74) is 4.68. The van der Waals surface area contributed by atoms with Crippen LogP contribution in [0.5, 0.6) is 0 Å². The van der Waals surface area contributed by atoms with Crippen molar-refractivity contribution >= 4 is 31.4 Å². The number of benzene rings is 1. The van der Waals surface area contributed by atoms with Crippen LogP contribution in [0, 0.1) is 10.1 Å². The van der Waals surface area contributed by atoms with Gasteiger partial charge in [-0.3, -0.25) is 10.1 Å². The van der Waals surface area contributed by atoms with Crippen molar-refractivity contribution in [2.75, 3.05) is 18.0 Å². The molecule has 0 aromatic heterocycles. The van der Waals surface area contributed by atoms with Crippen molar-refractivity contribution in [3.05, 3.63) is 28.3 Å². The molecule has 0 bridgehead atoms. The van der Waals surface area contributed by atoms with Crippen LogP contribution in [0.1, 0.15) is 0 Å². The lowest BCUT2D eigenvalue weighted by Crippen LogP contribution is -2.31. The highest BCUT2D eigenvalue weighted by Gasteiger charge is 2.25. The minimum Gasteiger partial charge on any atom is -0.399 e. The minimum absolute atomic E-state index is 0.0279. The van der Waals surface area contributed by atoms with Gasteiger partial charge in [0.25, 0.3) is 5.69 Å². The fourth-order valence-electron chi connectivity index (χ4n) is 1.30. The summed E-state index contributed by atoms with van der Waals surface area (Å²) in [6, 6.07) is 3.04. The highest BCUT2D eigenvalue weighted by molar-refractivity contribution is 7.90. The normalized spacial score (nSPS) is 12.2. The number of sulfonamides is 2. The minimum atomic E-state index is -4.24. The molecule has 0 saturated heterocycles. The molecule has 0 radical (unpaired) electrons. The zero-order valence-electron chi connectivity index (χ0n) is 10.0. The van der Waals surface area contributed by atoms with E-state index >= 15 is 0 Å². The van der Waals surface area contributed by atoms with E-state index in [1.807, 2.05) is 4.72 Å². The first-order valence-electron chi connectivity index (χ1n) is 5.07. The SMILES string of the molecule is Nc1ccc(S(=O)(=O)NCCS(N)(=O)=O)c([N+](=O)[O-])c1. The largest absolute Gasteiger partial charge is 0.399 e. The van der Waals surface area contributed by atoms with Gasteiger partial charge in [-0.25, -0.2) is 26.7 Å². The van der Waals surface area contributed by atoms with Gasteiger partial charge in [0, 0.05) is 18.3 Å². The molecule has 10 nitrogen and oxygen atoms in total. The van der Waals surface area contributed by atoms with Crippen molar-refractivity contribution in [3.63, 3.8) is 0 Å². The lowest BCUT2D eigenvalue weighted by atomic mass is 10.3. The van der Waals surface area contributed by atoms with Crippen LogP contribution in [0.25, 0.3) is 0 Å². The molecule has 0 saturated carbocycles. The summed E-state index contributed by atoms with van der Waals surface area (Å²) < 4.78 is 47.0. The van der Waals surface area contributed by atoms with Crippen LogP contribution in [0.15, 0.2) is 23.1 Å². The second-order valence-electron chi connectivity index (χ2n) is 3.75. The van der Waals surface area contributed by atoms with E-state index in [2.05, 4.69) is 0 Å². The molecule has 20 heavy (non-hydrogen) atoms. The second kappa shape index (κ2) is 5.70. The van der Waals surface area contributed by atoms with Crippen molar-refractivity contribution in [1.82, 2.24) is 4.72 Å². The number of nitrogens with one attached hydrogen (secondary N) is 1. The van der Waals surface area contributed by atoms with Crippen molar-refractivity contribution in [3.8, 4) is 0 Å². The third-order valence-corrected chi connectivity index (χ3v) is 4.43. The molecule has 12 heteroatoms. The van der Waals surface area contributed by atoms with Gasteiger partial charge in [0.15, 0.2) is 4.90 Å². The Morgan fingerprint density at radius 1 is 1.25 bits per heavy atom. The van der Waals surface area contributed by atoms with E-state index in [0.29, 0.717) is 0 Å². The van der Waals surface area contributed by atoms with Crippen molar-refractivity contribution in [1.29, 1.82) is 0 Å². The monoisotopic (exact) mass is 324 g/mol. The molecular weight excluding hydrogens is 312 g/mol. The van der Waals surface area contributed by atoms with Crippen molar-refractivity contribution < 1.29 is 21.8 Å². The summed E-state index contributed by atoms with van der Waals surface area (Å²) in [4.78, 5) is 9.29. The smallest absolute Gasteiger partial charge is 0.291 e. The molecule has 0 heterocycles. The topological polar surface area (TPSA) is 175 Å². The molecule has 5 N–H and O–H groups in total. The second-order valence-corrected chi connectivity index (χ2v) is 7.22. The van der Waals surface area contributed by atoms with Gasteiger partial charge in [-0.2, -0.15) is 0 Å². The Morgan fingerprint density at radius 2 is 1.85 bits per heavy atom. The number of primary sulfonamides is 1. The Labute approximate surface area is 115 Å². The molecule has 0 fully saturated rings. The molecule has 1 rings (SSSR count). The number of hydrogen-bond acceptors (Lipinski definition) is 7. The van der Waals surface area contributed by atoms with Crippen molar-refractivity contribution in [2.45, 2.75) is 4.90 Å². The summed E-state index contributed by atoms with van der Waals surface area (Å²) in [6.07, 6.45) is 0. The summed E-state index contributed by atoms with van der Waals surface area (Å²) in [6.45, 7) is -0.497. The summed E-state index contributed by atoms with van der Waals surface area (Å²) >= 11 is 0. The number of nitrogens with two attached hydrogens (primary N) is 2. The molecule has 0 atom stereocenters. The zero-order chi connectivity index (χ0) is 15.6. The first kappa shape index (κ1) is 16.3. The van der Waals surface area contributed by atoms with Crippen LogP contribution < -0.4 is 15.6 Å². The van der Waals surface area contributed by atoms with Crippen LogP contribution in [0.3, 0.4) is 0 Å². The summed E-state index contributed by atoms with van der Waals surface area (Å²) in [5.74, 6) is -0.630. The molecule has 0 aliphatic heterocycles. The van der Waals surface area contributed by atoms with E-state index in [4.69, 9.17) is 10.9 Å². The molecular formula is C8H12N4O6S2. The standard InChI is InChI=1S/C8H12N4O6S2/c9-6-1-2-8(7(5-6)12(13)14)20(17,18)11-3-4-19(10,15)16/h1-2,5,11H,3-4,9H2,(H2,10,15,16). The van der Waals surface area contributed by atoms with E-state index in [1.165, 1.54) is 6.07 Å². The number of nitrogens with zero attached hydrogens (tertiary/aromatic N) is 1. The predicted octanol–water partition coefficient (Wildman–Crippen LogP) is -1.26. The van der Waals surface area contributed by atoms with Gasteiger partial charge < -0.3 is 5.73 Å². The Kier molecular flexibility index (Phi) is 4.65. The maximum absolute atomic E-state index is 11.9. The van der Waals surface area contributed by atoms with E-state index in [-0.39, 0.29) is 5.69 Å². The number of nitro groups is 1. The summed E-state index contributed by atoms with van der Waals surface area (Å²) in [7, 11) is -8.09. The average Bonchev–Trinajstić information content (AvgIpc) is 2.26. The van der Waals surface area contributed by atoms with E-state index in [0.717, 1.165) is 12.1 Å². The van der Waals surface area contributed by atoms with Crippen molar-refractivity contribution in [2.24, 2.45) is 5.14 Å². The van der Waals surface area contributed by atoms with Gasteiger partial charge in [0.05, 0.1) is 10.7 Å². The van der Waals surface area contributed by atoms with Gasteiger partial charge in [-0.15, -0.1) is 0 Å². The lowest BCUT2D eigenvalue weighted by Gasteiger charge is -2.07. The zero-order valence-corrected chi connectivity index (χ0v) is 11.6. The molecule has 0 aliphatic carbocycles. The molecule has 0 aliphatic rings. The fraction of sp³-hybridized carbons (Fsp3) is 0.250. The van der Waals surface area contributed by atoms with Crippen LogP contribution in [-0.4, -0.2) is 34.1 Å². The van der Waals surface area contributed by atoms with Gasteiger partial charge in [0.2, 0.25) is 20.0 Å². The Morgan fingerprint density at radius 3 is 2.35 bits per heavy atom. The maximum atomic E-state index is 11.9. The summed E-state index contributed by atoms with van der Waals surface area (Å²) in [5, 5.41) is 15.5. The molecule has 0 spiro atoms. The van der Waals surface area contributed by atoms with Crippen LogP contribution in [0.2, 0.25) is 0 Å². The third kappa shape index (κ3) is 4.41. The first-order valence-corrected chi connectivity index (χ1v) is 8.27. The maximum Gasteiger partial charge on any atom is 0.291 e. The number of nitro benzene ring substituents is 1. The quantitative estimate of drug-likeness (QED) is 0.332. The molecule has 0 unspecified atom stereocenters. The number of nitrogen functional groups attached to an aromatic ring is 1. The van der Waals surface area contributed by atoms with Crippen LogP contribution in [0.4, 0.5) is 11.4 Å². The third-order valence-electron chi connectivity index (χ3n) is 2.15. The molecule has 1 aromatic rings. The lowest BCUT2D eigenvalue weighted by molar-refractivity contribution is -0.387. The van der Waals surface area contributed by atoms with Crippen LogP contribution >= 0.6 is 0 Å². The Bertz CT molecular complexity index is 727. The van der Waals surface area contributed by atoms with Gasteiger partial charge >= 0.3 is 0 Å². The molecule has 112 valence electrons. The highest BCUT2D eigenvalue weighted by Crippen LogP contribution is 2.25.